The Bertz CT molecular complexity index is 772. The second-order valence-corrected chi connectivity index (χ2v) is 6.51. The number of benzene rings is 2. The number of nitrogens with zero attached hydrogens (tertiary/aromatic N) is 3. The second-order valence-electron chi connectivity index (χ2n) is 6.10. The minimum absolute atomic E-state index is 0.00949. The molecule has 1 aliphatic rings. The number of rotatable bonds is 4. The summed E-state index contributed by atoms with van der Waals surface area (Å²) in [6, 6.07) is 11.4. The SMILES string of the molecule is O=[N+]([O-])c1ccc(N2CCCN(Cc3ccccc3F)CC2)c(Cl)c1. The fourth-order valence-corrected chi connectivity index (χ4v) is 3.40. The number of anilines is 1. The third kappa shape index (κ3) is 4.27. The molecule has 1 aliphatic heterocycles. The van der Waals surface area contributed by atoms with Crippen LogP contribution >= 0.6 is 11.6 Å². The zero-order chi connectivity index (χ0) is 17.8. The summed E-state index contributed by atoms with van der Waals surface area (Å²) >= 11 is 6.24. The molecule has 132 valence electrons. The van der Waals surface area contributed by atoms with Crippen LogP contribution in [0.1, 0.15) is 12.0 Å². The van der Waals surface area contributed by atoms with Crippen LogP contribution in [0.25, 0.3) is 0 Å². The Morgan fingerprint density at radius 1 is 1.12 bits per heavy atom. The van der Waals surface area contributed by atoms with Gasteiger partial charge in [0.25, 0.3) is 5.69 Å². The van der Waals surface area contributed by atoms with Crippen molar-refractivity contribution >= 4 is 23.0 Å². The van der Waals surface area contributed by atoms with Crippen LogP contribution in [0.3, 0.4) is 0 Å². The van der Waals surface area contributed by atoms with Gasteiger partial charge in [0.05, 0.1) is 15.6 Å². The van der Waals surface area contributed by atoms with Crippen LogP contribution < -0.4 is 4.90 Å². The van der Waals surface area contributed by atoms with Gasteiger partial charge in [-0.2, -0.15) is 0 Å². The van der Waals surface area contributed by atoms with Gasteiger partial charge >= 0.3 is 0 Å². The molecular formula is C18H19ClFN3O2. The highest BCUT2D eigenvalue weighted by Crippen LogP contribution is 2.30. The molecule has 25 heavy (non-hydrogen) atoms. The van der Waals surface area contributed by atoms with Crippen molar-refractivity contribution in [2.75, 3.05) is 31.1 Å². The number of hydrogen-bond acceptors (Lipinski definition) is 4. The summed E-state index contributed by atoms with van der Waals surface area (Å²) in [6.45, 7) is 3.78. The smallest absolute Gasteiger partial charge is 0.271 e. The largest absolute Gasteiger partial charge is 0.369 e. The summed E-state index contributed by atoms with van der Waals surface area (Å²) in [5.41, 5.74) is 1.49. The lowest BCUT2D eigenvalue weighted by Crippen LogP contribution is -2.30. The van der Waals surface area contributed by atoms with E-state index in [4.69, 9.17) is 11.6 Å². The summed E-state index contributed by atoms with van der Waals surface area (Å²) in [7, 11) is 0. The molecular weight excluding hydrogens is 345 g/mol. The van der Waals surface area contributed by atoms with Crippen molar-refractivity contribution in [3.05, 3.63) is 69.0 Å². The molecule has 0 radical (unpaired) electrons. The fourth-order valence-electron chi connectivity index (χ4n) is 3.10. The predicted molar refractivity (Wildman–Crippen MR) is 96.6 cm³/mol. The van der Waals surface area contributed by atoms with Gasteiger partial charge in [-0.15, -0.1) is 0 Å². The van der Waals surface area contributed by atoms with E-state index in [0.717, 1.165) is 38.3 Å². The third-order valence-corrected chi connectivity index (χ3v) is 4.73. The van der Waals surface area contributed by atoms with Crippen molar-refractivity contribution in [1.82, 2.24) is 4.90 Å². The summed E-state index contributed by atoms with van der Waals surface area (Å²) < 4.78 is 13.8. The van der Waals surface area contributed by atoms with E-state index < -0.39 is 4.92 Å². The van der Waals surface area contributed by atoms with Gasteiger partial charge in [0.2, 0.25) is 0 Å². The minimum Gasteiger partial charge on any atom is -0.369 e. The van der Waals surface area contributed by atoms with Gasteiger partial charge < -0.3 is 4.90 Å². The standard InChI is InChI=1S/C18H19ClFN3O2/c19-16-12-15(23(24)25)6-7-18(16)22-9-3-8-21(10-11-22)13-14-4-1-2-5-17(14)20/h1-2,4-7,12H,3,8-11,13H2. The molecule has 7 heteroatoms. The molecule has 0 saturated carbocycles. The van der Waals surface area contributed by atoms with Crippen LogP contribution in [0.4, 0.5) is 15.8 Å². The minimum atomic E-state index is -0.450. The topological polar surface area (TPSA) is 49.6 Å². The molecule has 0 atom stereocenters. The van der Waals surface area contributed by atoms with Gasteiger partial charge in [0, 0.05) is 50.4 Å². The van der Waals surface area contributed by atoms with E-state index in [0.29, 0.717) is 17.1 Å². The van der Waals surface area contributed by atoms with Gasteiger partial charge in [0.15, 0.2) is 0 Å². The van der Waals surface area contributed by atoms with Crippen LogP contribution in [0.15, 0.2) is 42.5 Å². The molecule has 2 aromatic carbocycles. The fraction of sp³-hybridized carbons (Fsp3) is 0.333. The van der Waals surface area contributed by atoms with E-state index in [1.54, 1.807) is 12.1 Å². The number of non-ortho nitro benzene ring substituents is 1. The second kappa shape index (κ2) is 7.80. The molecule has 0 aromatic heterocycles. The lowest BCUT2D eigenvalue weighted by atomic mass is 10.2. The van der Waals surface area contributed by atoms with Crippen LogP contribution in [0, 0.1) is 15.9 Å². The molecule has 2 aromatic rings. The van der Waals surface area contributed by atoms with Crippen LogP contribution in [-0.4, -0.2) is 36.0 Å². The first kappa shape index (κ1) is 17.6. The molecule has 0 amide bonds. The number of hydrogen-bond donors (Lipinski definition) is 0. The Morgan fingerprint density at radius 3 is 2.64 bits per heavy atom. The van der Waals surface area contributed by atoms with Crippen molar-refractivity contribution in [2.24, 2.45) is 0 Å². The number of halogens is 2. The first-order chi connectivity index (χ1) is 12.0. The van der Waals surface area contributed by atoms with E-state index in [1.807, 2.05) is 12.1 Å². The Labute approximate surface area is 150 Å². The predicted octanol–water partition coefficient (Wildman–Crippen LogP) is 4.10. The molecule has 3 rings (SSSR count). The summed E-state index contributed by atoms with van der Waals surface area (Å²) in [4.78, 5) is 14.7. The molecule has 1 fully saturated rings. The maximum Gasteiger partial charge on any atom is 0.271 e. The molecule has 0 bridgehead atoms. The van der Waals surface area contributed by atoms with Gasteiger partial charge in [-0.25, -0.2) is 4.39 Å². The van der Waals surface area contributed by atoms with Crippen molar-refractivity contribution < 1.29 is 9.31 Å². The van der Waals surface area contributed by atoms with Crippen molar-refractivity contribution in [3.63, 3.8) is 0 Å². The van der Waals surface area contributed by atoms with E-state index >= 15 is 0 Å². The lowest BCUT2D eigenvalue weighted by molar-refractivity contribution is -0.384. The highest BCUT2D eigenvalue weighted by atomic mass is 35.5. The highest BCUT2D eigenvalue weighted by Gasteiger charge is 2.19. The molecule has 0 aliphatic carbocycles. The Hall–Kier alpha value is -2.18. The quantitative estimate of drug-likeness (QED) is 0.606. The van der Waals surface area contributed by atoms with Gasteiger partial charge in [-0.3, -0.25) is 15.0 Å². The molecule has 0 spiro atoms. The van der Waals surface area contributed by atoms with Crippen molar-refractivity contribution in [3.8, 4) is 0 Å². The van der Waals surface area contributed by atoms with E-state index in [-0.39, 0.29) is 11.5 Å². The van der Waals surface area contributed by atoms with Crippen LogP contribution in [0.5, 0.6) is 0 Å². The molecule has 5 nitrogen and oxygen atoms in total. The Balaban J connectivity index is 1.67. The molecule has 0 unspecified atom stereocenters. The van der Waals surface area contributed by atoms with E-state index in [2.05, 4.69) is 9.80 Å². The van der Waals surface area contributed by atoms with Crippen LogP contribution in [0.2, 0.25) is 5.02 Å². The van der Waals surface area contributed by atoms with Gasteiger partial charge in [0.1, 0.15) is 5.82 Å². The Kier molecular flexibility index (Phi) is 5.50. The summed E-state index contributed by atoms with van der Waals surface area (Å²) in [6.07, 6.45) is 0.918. The highest BCUT2D eigenvalue weighted by molar-refractivity contribution is 6.33. The van der Waals surface area contributed by atoms with Gasteiger partial charge in [-0.1, -0.05) is 29.8 Å². The molecule has 0 N–H and O–H groups in total. The van der Waals surface area contributed by atoms with Crippen molar-refractivity contribution in [1.29, 1.82) is 0 Å². The average molecular weight is 364 g/mol. The summed E-state index contributed by atoms with van der Waals surface area (Å²) in [5.74, 6) is -0.179. The van der Waals surface area contributed by atoms with Crippen molar-refractivity contribution in [2.45, 2.75) is 13.0 Å². The monoisotopic (exact) mass is 363 g/mol. The molecule has 1 heterocycles. The zero-order valence-electron chi connectivity index (χ0n) is 13.7. The summed E-state index contributed by atoms with van der Waals surface area (Å²) in [5, 5.41) is 11.2. The van der Waals surface area contributed by atoms with Crippen LogP contribution in [-0.2, 0) is 6.54 Å². The van der Waals surface area contributed by atoms with E-state index in [9.17, 15) is 14.5 Å². The third-order valence-electron chi connectivity index (χ3n) is 4.42. The van der Waals surface area contributed by atoms with E-state index in [1.165, 1.54) is 18.2 Å². The van der Waals surface area contributed by atoms with Gasteiger partial charge in [-0.05, 0) is 18.6 Å². The normalized spacial score (nSPS) is 15.8. The average Bonchev–Trinajstić information content (AvgIpc) is 2.82. The zero-order valence-corrected chi connectivity index (χ0v) is 14.5. The maximum absolute atomic E-state index is 13.8. The molecule has 1 saturated heterocycles. The lowest BCUT2D eigenvalue weighted by Gasteiger charge is -2.24. The first-order valence-corrected chi connectivity index (χ1v) is 8.57. The number of nitro benzene ring substituents is 1. The number of nitro groups is 1. The Morgan fingerprint density at radius 2 is 1.92 bits per heavy atom. The first-order valence-electron chi connectivity index (χ1n) is 8.19. The maximum atomic E-state index is 13.8.